The van der Waals surface area contributed by atoms with Crippen LogP contribution in [0.3, 0.4) is 0 Å². The lowest BCUT2D eigenvalue weighted by Crippen LogP contribution is -2.67. The molecule has 1 aliphatic rings. The quantitative estimate of drug-likeness (QED) is 0.579. The average Bonchev–Trinajstić information content (AvgIpc) is 2.35. The summed E-state index contributed by atoms with van der Waals surface area (Å²) >= 11 is 0. The van der Waals surface area contributed by atoms with Crippen LogP contribution in [-0.2, 0) is 9.53 Å². The van der Waals surface area contributed by atoms with Crippen LogP contribution in [0.4, 0.5) is 0 Å². The standard InChI is InChI=1S/C7H13NO2/c1-10-7(6(8)9)4-2-3-5-7/h2-5H2,1H3,(H2,8,9)/p+1. The summed E-state index contributed by atoms with van der Waals surface area (Å²) in [5.74, 6) is -0.0625. The fourth-order valence-corrected chi connectivity index (χ4v) is 1.54. The molecule has 1 saturated carbocycles. The summed E-state index contributed by atoms with van der Waals surface area (Å²) in [5, 5.41) is 0. The van der Waals surface area contributed by atoms with Crippen LogP contribution < -0.4 is 5.73 Å². The summed E-state index contributed by atoms with van der Waals surface area (Å²) in [7, 11) is 1.59. The normalized spacial score (nSPS) is 23.0. The van der Waals surface area contributed by atoms with Crippen molar-refractivity contribution in [3.8, 4) is 0 Å². The predicted octanol–water partition coefficient (Wildman–Crippen LogP) is -0.286. The number of ether oxygens (including phenoxy) is 1. The molecule has 3 heteroatoms. The smallest absolute Gasteiger partial charge is 0.340 e. The van der Waals surface area contributed by atoms with Crippen LogP contribution in [0.1, 0.15) is 25.7 Å². The summed E-state index contributed by atoms with van der Waals surface area (Å²) in [6.45, 7) is 0. The lowest BCUT2D eigenvalue weighted by molar-refractivity contribution is -0.325. The van der Waals surface area contributed by atoms with Gasteiger partial charge in [-0.1, -0.05) is 0 Å². The van der Waals surface area contributed by atoms with Gasteiger partial charge in [0.05, 0.1) is 0 Å². The molecular formula is C7H14NO2+. The highest BCUT2D eigenvalue weighted by atomic mass is 16.5. The first kappa shape index (κ1) is 7.69. The van der Waals surface area contributed by atoms with Gasteiger partial charge in [0.15, 0.2) is 5.60 Å². The van der Waals surface area contributed by atoms with Crippen LogP contribution in [0, 0.1) is 0 Å². The van der Waals surface area contributed by atoms with Crippen molar-refractivity contribution < 1.29 is 15.3 Å². The van der Waals surface area contributed by atoms with Gasteiger partial charge < -0.3 is 4.74 Å². The Labute approximate surface area is 60.5 Å². The summed E-state index contributed by atoms with van der Waals surface area (Å²) in [6, 6.07) is 0. The minimum Gasteiger partial charge on any atom is -0.364 e. The molecule has 0 atom stereocenters. The van der Waals surface area contributed by atoms with Gasteiger partial charge in [-0.3, -0.25) is 5.73 Å². The van der Waals surface area contributed by atoms with Crippen molar-refractivity contribution in [3.63, 3.8) is 0 Å². The van der Waals surface area contributed by atoms with E-state index in [-0.39, 0.29) is 5.91 Å². The van der Waals surface area contributed by atoms with E-state index in [9.17, 15) is 4.79 Å². The van der Waals surface area contributed by atoms with Crippen LogP contribution in [-0.4, -0.2) is 18.6 Å². The van der Waals surface area contributed by atoms with Gasteiger partial charge in [-0.15, -0.1) is 0 Å². The maximum atomic E-state index is 11.0. The molecule has 0 radical (unpaired) electrons. The van der Waals surface area contributed by atoms with Gasteiger partial charge in [-0.05, 0) is 25.7 Å². The molecule has 58 valence electrons. The lowest BCUT2D eigenvalue weighted by Gasteiger charge is -2.19. The Morgan fingerprint density at radius 2 is 2.00 bits per heavy atom. The van der Waals surface area contributed by atoms with Gasteiger partial charge in [0.2, 0.25) is 0 Å². The Morgan fingerprint density at radius 3 is 2.20 bits per heavy atom. The molecule has 0 unspecified atom stereocenters. The molecule has 0 aliphatic heterocycles. The molecule has 0 bridgehead atoms. The third-order valence-corrected chi connectivity index (χ3v) is 2.31. The van der Waals surface area contributed by atoms with Crippen LogP contribution in [0.25, 0.3) is 0 Å². The summed E-state index contributed by atoms with van der Waals surface area (Å²) in [5.41, 5.74) is 2.89. The number of amides is 1. The number of hydrogen-bond acceptors (Lipinski definition) is 2. The van der Waals surface area contributed by atoms with E-state index in [4.69, 9.17) is 4.74 Å². The maximum Gasteiger partial charge on any atom is 0.340 e. The first-order valence-electron chi connectivity index (χ1n) is 3.63. The van der Waals surface area contributed by atoms with Gasteiger partial charge in [0.25, 0.3) is 0 Å². The number of rotatable bonds is 2. The average molecular weight is 144 g/mol. The molecule has 0 aromatic heterocycles. The van der Waals surface area contributed by atoms with Crippen LogP contribution >= 0.6 is 0 Å². The van der Waals surface area contributed by atoms with E-state index < -0.39 is 5.60 Å². The molecule has 1 fully saturated rings. The highest BCUT2D eigenvalue weighted by molar-refractivity contribution is 5.75. The third-order valence-electron chi connectivity index (χ3n) is 2.31. The lowest BCUT2D eigenvalue weighted by atomic mass is 10.0. The van der Waals surface area contributed by atoms with Gasteiger partial charge in [-0.2, -0.15) is 0 Å². The zero-order valence-corrected chi connectivity index (χ0v) is 6.35. The van der Waals surface area contributed by atoms with Gasteiger partial charge >= 0.3 is 5.91 Å². The zero-order valence-electron chi connectivity index (χ0n) is 6.35. The second kappa shape index (κ2) is 2.68. The number of hydrogen-bond donors (Lipinski definition) is 1. The molecule has 0 aromatic carbocycles. The molecule has 0 saturated heterocycles. The first-order valence-corrected chi connectivity index (χ1v) is 3.63. The van der Waals surface area contributed by atoms with E-state index in [1.807, 2.05) is 0 Å². The fraction of sp³-hybridized carbons (Fsp3) is 0.857. The molecule has 10 heavy (non-hydrogen) atoms. The van der Waals surface area contributed by atoms with Crippen molar-refractivity contribution in [2.45, 2.75) is 31.3 Å². The topological polar surface area (TPSA) is 53.9 Å². The molecular weight excluding hydrogens is 130 g/mol. The Morgan fingerprint density at radius 1 is 1.50 bits per heavy atom. The minimum atomic E-state index is -0.514. The SMILES string of the molecule is COC1(C([NH3+])=O)CCCC1. The molecule has 1 rings (SSSR count). The van der Waals surface area contributed by atoms with Gasteiger partial charge in [0.1, 0.15) is 0 Å². The Balaban J connectivity index is 2.67. The van der Waals surface area contributed by atoms with E-state index in [1.54, 1.807) is 7.11 Å². The highest BCUT2D eigenvalue weighted by Crippen LogP contribution is 2.31. The van der Waals surface area contributed by atoms with Crippen molar-refractivity contribution in [2.24, 2.45) is 0 Å². The number of quaternary nitrogens is 1. The number of methoxy groups -OCH3 is 1. The molecule has 1 amide bonds. The van der Waals surface area contributed by atoms with E-state index in [2.05, 4.69) is 5.73 Å². The third kappa shape index (κ3) is 1.07. The fourth-order valence-electron chi connectivity index (χ4n) is 1.54. The maximum absolute atomic E-state index is 11.0. The zero-order chi connectivity index (χ0) is 7.61. The number of carbonyl (C=O) groups excluding carboxylic acids is 1. The van der Waals surface area contributed by atoms with Crippen molar-refractivity contribution in [1.82, 2.24) is 0 Å². The largest absolute Gasteiger partial charge is 0.364 e. The molecule has 3 N–H and O–H groups in total. The second-order valence-corrected chi connectivity index (χ2v) is 2.83. The van der Waals surface area contributed by atoms with E-state index >= 15 is 0 Å². The van der Waals surface area contributed by atoms with Crippen molar-refractivity contribution in [1.29, 1.82) is 0 Å². The molecule has 0 heterocycles. The predicted molar refractivity (Wildman–Crippen MR) is 36.1 cm³/mol. The number of carbonyl (C=O) groups is 1. The van der Waals surface area contributed by atoms with Crippen molar-refractivity contribution in [3.05, 3.63) is 0 Å². The van der Waals surface area contributed by atoms with Crippen LogP contribution in [0.15, 0.2) is 0 Å². The first-order chi connectivity index (χ1) is 4.71. The van der Waals surface area contributed by atoms with E-state index in [1.165, 1.54) is 0 Å². The van der Waals surface area contributed by atoms with Crippen LogP contribution in [0.5, 0.6) is 0 Å². The summed E-state index contributed by atoms with van der Waals surface area (Å²) in [6.07, 6.45) is 3.89. The van der Waals surface area contributed by atoms with Crippen molar-refractivity contribution >= 4 is 5.91 Å². The van der Waals surface area contributed by atoms with E-state index in [0.29, 0.717) is 0 Å². The highest BCUT2D eigenvalue weighted by Gasteiger charge is 2.42. The van der Waals surface area contributed by atoms with Crippen LogP contribution in [0.2, 0.25) is 0 Å². The van der Waals surface area contributed by atoms with E-state index in [0.717, 1.165) is 25.7 Å². The Hall–Kier alpha value is -0.410. The monoisotopic (exact) mass is 144 g/mol. The molecule has 0 spiro atoms. The minimum absolute atomic E-state index is 0.0625. The molecule has 1 aliphatic carbocycles. The Kier molecular flexibility index (Phi) is 2.06. The summed E-state index contributed by atoms with van der Waals surface area (Å²) in [4.78, 5) is 11.0. The van der Waals surface area contributed by atoms with Crippen molar-refractivity contribution in [2.75, 3.05) is 7.11 Å². The molecule has 3 nitrogen and oxygen atoms in total. The second-order valence-electron chi connectivity index (χ2n) is 2.83. The van der Waals surface area contributed by atoms with Gasteiger partial charge in [0, 0.05) is 7.11 Å². The molecule has 0 aromatic rings. The Bertz CT molecular complexity index is 139. The van der Waals surface area contributed by atoms with Gasteiger partial charge in [-0.25, -0.2) is 4.79 Å². The summed E-state index contributed by atoms with van der Waals surface area (Å²) < 4.78 is 5.15.